The Morgan fingerprint density at radius 3 is 2.48 bits per heavy atom. The van der Waals surface area contributed by atoms with Gasteiger partial charge in [-0.15, -0.1) is 6.42 Å². The van der Waals surface area contributed by atoms with Crippen LogP contribution in [0.4, 0.5) is 8.78 Å². The molecule has 5 heteroatoms. The molecule has 124 valence electrons. The standard InChI is InChI=1S/C18H21F2NO2/c1-3-9-23-16-14(19)10-13(11-15(16)20)17(22)21-12-18(2)7-5-4-6-8-18/h1,10-11H,4-9,12H2,2H3,(H,21,22). The lowest BCUT2D eigenvalue weighted by Gasteiger charge is -2.33. The van der Waals surface area contributed by atoms with E-state index < -0.39 is 23.3 Å². The second kappa shape index (κ2) is 7.45. The number of carbonyl (C=O) groups is 1. The maximum atomic E-state index is 13.9. The molecular formula is C18H21F2NO2. The van der Waals surface area contributed by atoms with Crippen LogP contribution in [-0.4, -0.2) is 19.1 Å². The van der Waals surface area contributed by atoms with E-state index in [2.05, 4.69) is 18.2 Å². The Morgan fingerprint density at radius 1 is 1.30 bits per heavy atom. The Balaban J connectivity index is 2.03. The molecule has 1 N–H and O–H groups in total. The highest BCUT2D eigenvalue weighted by Crippen LogP contribution is 2.35. The Labute approximate surface area is 135 Å². The summed E-state index contributed by atoms with van der Waals surface area (Å²) in [5.41, 5.74) is -0.00614. The molecule has 0 atom stereocenters. The van der Waals surface area contributed by atoms with E-state index in [0.29, 0.717) is 6.54 Å². The van der Waals surface area contributed by atoms with Gasteiger partial charge < -0.3 is 10.1 Å². The van der Waals surface area contributed by atoms with Gasteiger partial charge in [0.15, 0.2) is 17.4 Å². The van der Waals surface area contributed by atoms with Gasteiger partial charge in [0.05, 0.1) is 0 Å². The van der Waals surface area contributed by atoms with Gasteiger partial charge in [0.1, 0.15) is 6.61 Å². The van der Waals surface area contributed by atoms with Gasteiger partial charge >= 0.3 is 0 Å². The first-order chi connectivity index (χ1) is 10.9. The van der Waals surface area contributed by atoms with Gasteiger partial charge in [-0.1, -0.05) is 32.1 Å². The van der Waals surface area contributed by atoms with Crippen LogP contribution >= 0.6 is 0 Å². The Morgan fingerprint density at radius 2 is 1.91 bits per heavy atom. The second-order valence-corrected chi connectivity index (χ2v) is 6.32. The van der Waals surface area contributed by atoms with Crippen LogP contribution in [0.2, 0.25) is 0 Å². The Bertz CT molecular complexity index is 593. The van der Waals surface area contributed by atoms with E-state index >= 15 is 0 Å². The number of hydrogen-bond donors (Lipinski definition) is 1. The molecule has 1 aliphatic rings. The van der Waals surface area contributed by atoms with Crippen LogP contribution in [0.15, 0.2) is 12.1 Å². The fourth-order valence-corrected chi connectivity index (χ4v) is 2.92. The molecule has 0 radical (unpaired) electrons. The van der Waals surface area contributed by atoms with E-state index in [1.807, 2.05) is 0 Å². The smallest absolute Gasteiger partial charge is 0.251 e. The molecule has 1 saturated carbocycles. The van der Waals surface area contributed by atoms with Gasteiger partial charge in [0, 0.05) is 12.1 Å². The van der Waals surface area contributed by atoms with Gasteiger partial charge in [-0.25, -0.2) is 8.78 Å². The number of terminal acetylenes is 1. The van der Waals surface area contributed by atoms with Crippen molar-refractivity contribution in [1.82, 2.24) is 5.32 Å². The van der Waals surface area contributed by atoms with Crippen LogP contribution in [0, 0.1) is 29.4 Å². The topological polar surface area (TPSA) is 38.3 Å². The summed E-state index contributed by atoms with van der Waals surface area (Å²) in [6.45, 7) is 2.40. The van der Waals surface area contributed by atoms with Gasteiger partial charge in [-0.05, 0) is 30.4 Å². The largest absolute Gasteiger partial charge is 0.475 e. The van der Waals surface area contributed by atoms with Gasteiger partial charge in [0.25, 0.3) is 5.91 Å². The number of amides is 1. The molecule has 0 bridgehead atoms. The second-order valence-electron chi connectivity index (χ2n) is 6.32. The highest BCUT2D eigenvalue weighted by molar-refractivity contribution is 5.94. The van der Waals surface area contributed by atoms with E-state index in [-0.39, 0.29) is 17.6 Å². The van der Waals surface area contributed by atoms with Crippen LogP contribution in [-0.2, 0) is 0 Å². The third-order valence-electron chi connectivity index (χ3n) is 4.30. The van der Waals surface area contributed by atoms with Crippen molar-refractivity contribution in [2.45, 2.75) is 39.0 Å². The summed E-state index contributed by atoms with van der Waals surface area (Å²) in [7, 11) is 0. The third kappa shape index (κ3) is 4.44. The molecule has 1 aromatic rings. The number of carbonyl (C=O) groups excluding carboxylic acids is 1. The van der Waals surface area contributed by atoms with Crippen LogP contribution in [0.5, 0.6) is 5.75 Å². The molecule has 0 aromatic heterocycles. The van der Waals surface area contributed by atoms with Crippen molar-refractivity contribution in [2.24, 2.45) is 5.41 Å². The van der Waals surface area contributed by atoms with Crippen LogP contribution < -0.4 is 10.1 Å². The fourth-order valence-electron chi connectivity index (χ4n) is 2.92. The minimum absolute atomic E-state index is 0.0564. The normalized spacial score (nSPS) is 16.4. The lowest BCUT2D eigenvalue weighted by atomic mass is 9.76. The molecule has 0 aliphatic heterocycles. The van der Waals surface area contributed by atoms with E-state index in [0.717, 1.165) is 37.8 Å². The number of hydrogen-bond acceptors (Lipinski definition) is 2. The average molecular weight is 321 g/mol. The molecule has 0 heterocycles. The summed E-state index contributed by atoms with van der Waals surface area (Å²) in [5.74, 6) is -0.782. The number of ether oxygens (including phenoxy) is 1. The van der Waals surface area contributed by atoms with E-state index in [9.17, 15) is 13.6 Å². The van der Waals surface area contributed by atoms with Gasteiger partial charge in [-0.3, -0.25) is 4.79 Å². The van der Waals surface area contributed by atoms with E-state index in [1.165, 1.54) is 6.42 Å². The monoisotopic (exact) mass is 321 g/mol. The molecule has 3 nitrogen and oxygen atoms in total. The molecule has 1 amide bonds. The van der Waals surface area contributed by atoms with Crippen molar-refractivity contribution in [2.75, 3.05) is 13.2 Å². The summed E-state index contributed by atoms with van der Waals surface area (Å²) in [4.78, 5) is 12.1. The summed E-state index contributed by atoms with van der Waals surface area (Å²) < 4.78 is 32.5. The Kier molecular flexibility index (Phi) is 5.59. The zero-order valence-electron chi connectivity index (χ0n) is 13.3. The molecule has 1 fully saturated rings. The molecular weight excluding hydrogens is 300 g/mol. The molecule has 1 aliphatic carbocycles. The maximum Gasteiger partial charge on any atom is 0.251 e. The van der Waals surface area contributed by atoms with Crippen molar-refractivity contribution < 1.29 is 18.3 Å². The summed E-state index contributed by atoms with van der Waals surface area (Å²) >= 11 is 0. The molecule has 2 rings (SSSR count). The lowest BCUT2D eigenvalue weighted by Crippen LogP contribution is -2.37. The van der Waals surface area contributed by atoms with E-state index in [1.54, 1.807) is 0 Å². The van der Waals surface area contributed by atoms with Crippen LogP contribution in [0.25, 0.3) is 0 Å². The SMILES string of the molecule is C#CCOc1c(F)cc(C(=O)NCC2(C)CCCCC2)cc1F. The lowest BCUT2D eigenvalue weighted by molar-refractivity contribution is 0.0918. The highest BCUT2D eigenvalue weighted by atomic mass is 19.1. The van der Waals surface area contributed by atoms with Gasteiger partial charge in [-0.2, -0.15) is 0 Å². The quantitative estimate of drug-likeness (QED) is 0.840. The predicted molar refractivity (Wildman–Crippen MR) is 84.2 cm³/mol. The highest BCUT2D eigenvalue weighted by Gasteiger charge is 2.27. The number of nitrogens with one attached hydrogen (secondary N) is 1. The van der Waals surface area contributed by atoms with Crippen LogP contribution in [0.1, 0.15) is 49.4 Å². The first kappa shape index (κ1) is 17.3. The summed E-state index contributed by atoms with van der Waals surface area (Å²) in [6.07, 6.45) is 10.6. The van der Waals surface area contributed by atoms with Crippen molar-refractivity contribution in [1.29, 1.82) is 0 Å². The third-order valence-corrected chi connectivity index (χ3v) is 4.30. The first-order valence-electron chi connectivity index (χ1n) is 7.79. The molecule has 0 spiro atoms. The fraction of sp³-hybridized carbons (Fsp3) is 0.500. The van der Waals surface area contributed by atoms with E-state index in [4.69, 9.17) is 11.2 Å². The first-order valence-corrected chi connectivity index (χ1v) is 7.79. The van der Waals surface area contributed by atoms with Crippen molar-refractivity contribution >= 4 is 5.91 Å². The van der Waals surface area contributed by atoms with Crippen molar-refractivity contribution in [3.05, 3.63) is 29.3 Å². The van der Waals surface area contributed by atoms with Crippen molar-refractivity contribution in [3.8, 4) is 18.1 Å². The van der Waals surface area contributed by atoms with Gasteiger partial charge in [0.2, 0.25) is 0 Å². The van der Waals surface area contributed by atoms with Crippen molar-refractivity contribution in [3.63, 3.8) is 0 Å². The summed E-state index contributed by atoms with van der Waals surface area (Å²) in [6, 6.07) is 1.93. The molecule has 23 heavy (non-hydrogen) atoms. The summed E-state index contributed by atoms with van der Waals surface area (Å²) in [5, 5.41) is 2.78. The predicted octanol–water partition coefficient (Wildman–Crippen LogP) is 3.68. The zero-order valence-corrected chi connectivity index (χ0v) is 13.3. The Hall–Kier alpha value is -2.09. The average Bonchev–Trinajstić information content (AvgIpc) is 2.52. The number of rotatable bonds is 5. The zero-order chi connectivity index (χ0) is 16.9. The minimum Gasteiger partial charge on any atom is -0.475 e. The maximum absolute atomic E-state index is 13.9. The molecule has 0 saturated heterocycles. The number of halogens is 2. The van der Waals surface area contributed by atoms with Crippen LogP contribution in [0.3, 0.4) is 0 Å². The number of benzene rings is 1. The minimum atomic E-state index is -0.936. The molecule has 0 unspecified atom stereocenters. The molecule has 1 aromatic carbocycles.